The van der Waals surface area contributed by atoms with Crippen LogP contribution in [-0.2, 0) is 17.6 Å². The molecular formula is C20H23NO4S. The average Bonchev–Trinajstić information content (AvgIpc) is 2.82. The summed E-state index contributed by atoms with van der Waals surface area (Å²) in [5, 5.41) is 3.50. The fourth-order valence-electron chi connectivity index (χ4n) is 3.19. The Bertz CT molecular complexity index is 812. The molecule has 0 spiro atoms. The smallest absolute Gasteiger partial charge is 0.341 e. The van der Waals surface area contributed by atoms with Crippen LogP contribution in [0.3, 0.4) is 0 Å². The van der Waals surface area contributed by atoms with Gasteiger partial charge in [-0.2, -0.15) is 0 Å². The minimum atomic E-state index is -0.354. The van der Waals surface area contributed by atoms with Gasteiger partial charge in [0, 0.05) is 10.4 Å². The molecule has 0 saturated heterocycles. The fraction of sp³-hybridized carbons (Fsp3) is 0.400. The highest BCUT2D eigenvalue weighted by atomic mass is 32.1. The van der Waals surface area contributed by atoms with Crippen molar-refractivity contribution in [3.63, 3.8) is 0 Å². The van der Waals surface area contributed by atoms with Crippen molar-refractivity contribution in [2.75, 3.05) is 19.0 Å². The van der Waals surface area contributed by atoms with Crippen molar-refractivity contribution in [3.05, 3.63) is 45.8 Å². The van der Waals surface area contributed by atoms with Gasteiger partial charge in [0.05, 0.1) is 19.3 Å². The van der Waals surface area contributed by atoms with Crippen LogP contribution in [-0.4, -0.2) is 25.6 Å². The lowest BCUT2D eigenvalue weighted by molar-refractivity contribution is 0.0527. The van der Waals surface area contributed by atoms with E-state index < -0.39 is 0 Å². The number of carbonyl (C=O) groups is 2. The highest BCUT2D eigenvalue weighted by Gasteiger charge is 2.26. The van der Waals surface area contributed by atoms with Gasteiger partial charge in [-0.3, -0.25) is 4.79 Å². The lowest BCUT2D eigenvalue weighted by atomic mass is 10.1. The van der Waals surface area contributed by atoms with Crippen molar-refractivity contribution in [1.29, 1.82) is 0 Å². The Hall–Kier alpha value is -2.34. The maximum atomic E-state index is 12.7. The van der Waals surface area contributed by atoms with Crippen LogP contribution in [0.15, 0.2) is 24.3 Å². The summed E-state index contributed by atoms with van der Waals surface area (Å²) in [5.41, 5.74) is 2.07. The van der Waals surface area contributed by atoms with Gasteiger partial charge in [0.25, 0.3) is 5.91 Å². The van der Waals surface area contributed by atoms with E-state index in [1.54, 1.807) is 38.3 Å². The molecule has 2 aromatic rings. The number of fused-ring (bicyclic) bond motifs is 1. The van der Waals surface area contributed by atoms with Gasteiger partial charge in [-0.1, -0.05) is 12.5 Å². The molecule has 0 atom stereocenters. The Morgan fingerprint density at radius 1 is 1.19 bits per heavy atom. The van der Waals surface area contributed by atoms with Crippen LogP contribution in [0, 0.1) is 0 Å². The molecule has 1 heterocycles. The molecule has 0 fully saturated rings. The summed E-state index contributed by atoms with van der Waals surface area (Å²) in [6.45, 7) is 2.10. The van der Waals surface area contributed by atoms with E-state index in [-0.39, 0.29) is 11.9 Å². The summed E-state index contributed by atoms with van der Waals surface area (Å²) in [7, 11) is 1.56. The van der Waals surface area contributed by atoms with E-state index in [1.165, 1.54) is 16.2 Å². The zero-order valence-electron chi connectivity index (χ0n) is 15.1. The van der Waals surface area contributed by atoms with Gasteiger partial charge in [0.1, 0.15) is 10.8 Å². The highest BCUT2D eigenvalue weighted by molar-refractivity contribution is 7.17. The van der Waals surface area contributed by atoms with Crippen LogP contribution in [0.2, 0.25) is 0 Å². The molecule has 0 bridgehead atoms. The predicted molar refractivity (Wildman–Crippen MR) is 102 cm³/mol. The number of ether oxygens (including phenoxy) is 2. The Morgan fingerprint density at radius 2 is 2.00 bits per heavy atom. The molecule has 5 nitrogen and oxygen atoms in total. The van der Waals surface area contributed by atoms with Gasteiger partial charge >= 0.3 is 5.97 Å². The van der Waals surface area contributed by atoms with Gasteiger partial charge < -0.3 is 14.8 Å². The summed E-state index contributed by atoms with van der Waals surface area (Å²) in [6.07, 6.45) is 5.13. The summed E-state index contributed by atoms with van der Waals surface area (Å²) in [4.78, 5) is 26.4. The maximum Gasteiger partial charge on any atom is 0.341 e. The van der Waals surface area contributed by atoms with Crippen molar-refractivity contribution in [2.45, 2.75) is 39.0 Å². The normalized spacial score (nSPS) is 13.5. The molecule has 0 saturated carbocycles. The van der Waals surface area contributed by atoms with E-state index in [1.807, 2.05) is 0 Å². The van der Waals surface area contributed by atoms with Crippen molar-refractivity contribution in [1.82, 2.24) is 0 Å². The predicted octanol–water partition coefficient (Wildman–Crippen LogP) is 4.45. The molecule has 0 unspecified atom stereocenters. The maximum absolute atomic E-state index is 12.7. The number of hydrogen-bond donors (Lipinski definition) is 1. The zero-order valence-corrected chi connectivity index (χ0v) is 15.9. The molecule has 1 aliphatic carbocycles. The van der Waals surface area contributed by atoms with Crippen molar-refractivity contribution < 1.29 is 19.1 Å². The molecular weight excluding hydrogens is 350 g/mol. The first-order valence-electron chi connectivity index (χ1n) is 8.91. The first-order chi connectivity index (χ1) is 12.6. The van der Waals surface area contributed by atoms with Crippen LogP contribution in [0.25, 0.3) is 0 Å². The molecule has 6 heteroatoms. The molecule has 0 radical (unpaired) electrons. The number of esters is 1. The molecule has 1 N–H and O–H groups in total. The van der Waals surface area contributed by atoms with Crippen molar-refractivity contribution >= 4 is 28.2 Å². The van der Waals surface area contributed by atoms with E-state index in [2.05, 4.69) is 5.32 Å². The Kier molecular flexibility index (Phi) is 5.93. The topological polar surface area (TPSA) is 64.6 Å². The van der Waals surface area contributed by atoms with Crippen LogP contribution in [0.1, 0.15) is 57.3 Å². The Morgan fingerprint density at radius 3 is 2.77 bits per heavy atom. The average molecular weight is 373 g/mol. The Labute approximate surface area is 157 Å². The number of amides is 1. The summed E-state index contributed by atoms with van der Waals surface area (Å²) >= 11 is 1.50. The second kappa shape index (κ2) is 8.36. The number of anilines is 1. The van der Waals surface area contributed by atoms with E-state index in [0.29, 0.717) is 28.5 Å². The Balaban J connectivity index is 1.93. The largest absolute Gasteiger partial charge is 0.497 e. The number of rotatable bonds is 5. The summed E-state index contributed by atoms with van der Waals surface area (Å²) in [5.74, 6) is 0.00364. The standard InChI is InChI=1S/C20H23NO4S/c1-3-25-20(23)17-15-10-5-4-6-11-16(15)26-19(17)21-18(22)13-8-7-9-14(12-13)24-2/h7-9,12H,3-6,10-11H2,1-2H3,(H,21,22). The third kappa shape index (κ3) is 3.90. The summed E-state index contributed by atoms with van der Waals surface area (Å²) < 4.78 is 10.4. The highest BCUT2D eigenvalue weighted by Crippen LogP contribution is 2.38. The number of thiophene rings is 1. The fourth-order valence-corrected chi connectivity index (χ4v) is 4.46. The monoisotopic (exact) mass is 373 g/mol. The number of carbonyl (C=O) groups excluding carboxylic acids is 2. The van der Waals surface area contributed by atoms with E-state index >= 15 is 0 Å². The number of hydrogen-bond acceptors (Lipinski definition) is 5. The van der Waals surface area contributed by atoms with Gasteiger partial charge in [-0.25, -0.2) is 4.79 Å². The second-order valence-corrected chi connectivity index (χ2v) is 7.28. The number of methoxy groups -OCH3 is 1. The van der Waals surface area contributed by atoms with Crippen LogP contribution < -0.4 is 10.1 Å². The zero-order chi connectivity index (χ0) is 18.5. The molecule has 3 rings (SSSR count). The molecule has 138 valence electrons. The lowest BCUT2D eigenvalue weighted by Crippen LogP contribution is -2.15. The minimum Gasteiger partial charge on any atom is -0.497 e. The third-order valence-corrected chi connectivity index (χ3v) is 5.67. The SMILES string of the molecule is CCOC(=O)c1c(NC(=O)c2cccc(OC)c2)sc2c1CCCCC2. The molecule has 26 heavy (non-hydrogen) atoms. The quantitative estimate of drug-likeness (QED) is 0.621. The van der Waals surface area contributed by atoms with Gasteiger partial charge in [-0.05, 0) is 56.4 Å². The number of benzene rings is 1. The van der Waals surface area contributed by atoms with Gasteiger partial charge in [0.2, 0.25) is 0 Å². The summed E-state index contributed by atoms with van der Waals surface area (Å²) in [6, 6.07) is 6.95. The van der Waals surface area contributed by atoms with Gasteiger partial charge in [-0.15, -0.1) is 11.3 Å². The molecule has 1 aliphatic rings. The lowest BCUT2D eigenvalue weighted by Gasteiger charge is -2.09. The minimum absolute atomic E-state index is 0.258. The molecule has 1 amide bonds. The number of aryl methyl sites for hydroxylation is 1. The van der Waals surface area contributed by atoms with Gasteiger partial charge in [0.15, 0.2) is 0 Å². The molecule has 0 aliphatic heterocycles. The van der Waals surface area contributed by atoms with Crippen LogP contribution in [0.5, 0.6) is 5.75 Å². The third-order valence-electron chi connectivity index (χ3n) is 4.46. The number of nitrogens with one attached hydrogen (secondary N) is 1. The van der Waals surface area contributed by atoms with Crippen LogP contribution in [0.4, 0.5) is 5.00 Å². The van der Waals surface area contributed by atoms with Crippen LogP contribution >= 0.6 is 11.3 Å². The first kappa shape index (κ1) is 18.5. The van der Waals surface area contributed by atoms with E-state index in [9.17, 15) is 9.59 Å². The van der Waals surface area contributed by atoms with Crippen molar-refractivity contribution in [2.24, 2.45) is 0 Å². The molecule has 1 aromatic carbocycles. The van der Waals surface area contributed by atoms with Crippen molar-refractivity contribution in [3.8, 4) is 5.75 Å². The first-order valence-corrected chi connectivity index (χ1v) is 9.72. The second-order valence-electron chi connectivity index (χ2n) is 6.18. The van der Waals surface area contributed by atoms with E-state index in [4.69, 9.17) is 9.47 Å². The molecule has 1 aromatic heterocycles. The van der Waals surface area contributed by atoms with E-state index in [0.717, 1.165) is 37.7 Å².